The lowest BCUT2D eigenvalue weighted by Gasteiger charge is -2.30. The molecule has 3 N–H and O–H groups in total. The monoisotopic (exact) mass is 363 g/mol. The van der Waals surface area contributed by atoms with Crippen LogP contribution in [0.2, 0.25) is 0 Å². The molecule has 0 aromatic carbocycles. The first kappa shape index (κ1) is 17.6. The molecule has 1 saturated heterocycles. The van der Waals surface area contributed by atoms with Crippen LogP contribution in [-0.4, -0.2) is 46.5 Å². The molecule has 1 aliphatic heterocycles. The number of nitrogens with two attached hydrogens (primary N) is 1. The number of carbonyl (C=O) groups excluding carboxylic acids is 2. The minimum absolute atomic E-state index is 0.0567. The van der Waals surface area contributed by atoms with Gasteiger partial charge in [0.1, 0.15) is 0 Å². The van der Waals surface area contributed by atoms with Crippen LogP contribution in [0.15, 0.2) is 22.0 Å². The maximum absolute atomic E-state index is 12.3. The second kappa shape index (κ2) is 8.21. The Hall–Kier alpha value is -2.26. The number of hydrogen-bond donors (Lipinski definition) is 2. The summed E-state index contributed by atoms with van der Waals surface area (Å²) >= 11 is 1.63. The summed E-state index contributed by atoms with van der Waals surface area (Å²) in [6, 6.07) is 3.99. The van der Waals surface area contributed by atoms with Crippen molar-refractivity contribution in [2.75, 3.05) is 19.6 Å². The van der Waals surface area contributed by atoms with E-state index in [9.17, 15) is 9.59 Å². The zero-order chi connectivity index (χ0) is 17.6. The van der Waals surface area contributed by atoms with Gasteiger partial charge in [-0.3, -0.25) is 14.5 Å². The first-order valence-electron chi connectivity index (χ1n) is 8.22. The van der Waals surface area contributed by atoms with E-state index < -0.39 is 0 Å². The number of primary amides is 1. The first-order chi connectivity index (χ1) is 12.1. The SMILES string of the molecule is NC(=O)CN1CCCC(C(=O)NCc2noc(Cc3cccs3)n2)C1. The molecule has 0 spiro atoms. The van der Waals surface area contributed by atoms with Gasteiger partial charge in [-0.05, 0) is 30.8 Å². The van der Waals surface area contributed by atoms with Gasteiger partial charge in [0.05, 0.1) is 25.4 Å². The van der Waals surface area contributed by atoms with Gasteiger partial charge in [0, 0.05) is 11.4 Å². The molecule has 8 nitrogen and oxygen atoms in total. The highest BCUT2D eigenvalue weighted by molar-refractivity contribution is 7.09. The predicted octanol–water partition coefficient (Wildman–Crippen LogP) is 0.535. The number of likely N-dealkylation sites (tertiary alicyclic amines) is 1. The van der Waals surface area contributed by atoms with E-state index in [-0.39, 0.29) is 30.8 Å². The van der Waals surface area contributed by atoms with E-state index in [4.69, 9.17) is 10.3 Å². The van der Waals surface area contributed by atoms with Gasteiger partial charge < -0.3 is 15.6 Å². The van der Waals surface area contributed by atoms with E-state index in [1.165, 1.54) is 0 Å². The highest BCUT2D eigenvalue weighted by atomic mass is 32.1. The van der Waals surface area contributed by atoms with Crippen molar-refractivity contribution in [3.05, 3.63) is 34.1 Å². The van der Waals surface area contributed by atoms with Crippen molar-refractivity contribution in [1.82, 2.24) is 20.4 Å². The second-order valence-corrected chi connectivity index (χ2v) is 7.15. The lowest BCUT2D eigenvalue weighted by atomic mass is 9.97. The van der Waals surface area contributed by atoms with Crippen molar-refractivity contribution in [3.63, 3.8) is 0 Å². The van der Waals surface area contributed by atoms with Crippen molar-refractivity contribution in [2.24, 2.45) is 11.7 Å². The molecule has 1 aliphatic rings. The summed E-state index contributed by atoms with van der Waals surface area (Å²) in [5, 5.41) is 8.75. The molecule has 3 rings (SSSR count). The molecule has 0 bridgehead atoms. The Morgan fingerprint density at radius 3 is 3.12 bits per heavy atom. The summed E-state index contributed by atoms with van der Waals surface area (Å²) in [6.45, 7) is 1.77. The molecule has 25 heavy (non-hydrogen) atoms. The molecule has 2 aromatic rings. The Morgan fingerprint density at radius 2 is 2.36 bits per heavy atom. The molecule has 1 fully saturated rings. The van der Waals surface area contributed by atoms with E-state index in [2.05, 4.69) is 15.5 Å². The number of thiophene rings is 1. The van der Waals surface area contributed by atoms with Crippen LogP contribution < -0.4 is 11.1 Å². The second-order valence-electron chi connectivity index (χ2n) is 6.12. The van der Waals surface area contributed by atoms with Gasteiger partial charge in [-0.2, -0.15) is 4.98 Å². The Labute approximate surface area is 149 Å². The molecular weight excluding hydrogens is 342 g/mol. The van der Waals surface area contributed by atoms with Crippen LogP contribution in [0, 0.1) is 5.92 Å². The average Bonchev–Trinajstić information content (AvgIpc) is 3.25. The standard InChI is InChI=1S/C16H21N5O3S/c17-13(22)10-21-5-1-3-11(9-21)16(23)18-8-14-19-15(24-20-14)7-12-4-2-6-25-12/h2,4,6,11H,1,3,5,7-10H2,(H2,17,22)(H,18,23). The van der Waals surface area contributed by atoms with Crippen molar-refractivity contribution in [3.8, 4) is 0 Å². The fourth-order valence-electron chi connectivity index (χ4n) is 2.94. The largest absolute Gasteiger partial charge is 0.369 e. The van der Waals surface area contributed by atoms with Crippen LogP contribution in [0.3, 0.4) is 0 Å². The minimum atomic E-state index is -0.369. The van der Waals surface area contributed by atoms with Crippen molar-refractivity contribution in [2.45, 2.75) is 25.8 Å². The van der Waals surface area contributed by atoms with E-state index in [1.54, 1.807) is 11.3 Å². The Balaban J connectivity index is 1.47. The van der Waals surface area contributed by atoms with Gasteiger partial charge in [0.25, 0.3) is 0 Å². The summed E-state index contributed by atoms with van der Waals surface area (Å²) in [6.07, 6.45) is 2.28. The van der Waals surface area contributed by atoms with Gasteiger partial charge in [0.2, 0.25) is 17.7 Å². The van der Waals surface area contributed by atoms with Gasteiger partial charge in [-0.25, -0.2) is 0 Å². The van der Waals surface area contributed by atoms with Gasteiger partial charge >= 0.3 is 0 Å². The molecule has 1 unspecified atom stereocenters. The lowest BCUT2D eigenvalue weighted by molar-refractivity contribution is -0.128. The number of carbonyl (C=O) groups is 2. The molecule has 2 amide bonds. The lowest BCUT2D eigenvalue weighted by Crippen LogP contribution is -2.45. The van der Waals surface area contributed by atoms with Crippen LogP contribution >= 0.6 is 11.3 Å². The van der Waals surface area contributed by atoms with E-state index in [1.807, 2.05) is 22.4 Å². The summed E-state index contributed by atoms with van der Waals surface area (Å²) in [5.74, 6) is 0.428. The first-order valence-corrected chi connectivity index (χ1v) is 9.10. The molecule has 0 radical (unpaired) electrons. The van der Waals surface area contributed by atoms with Crippen LogP contribution in [0.25, 0.3) is 0 Å². The Bertz CT molecular complexity index is 715. The van der Waals surface area contributed by atoms with Crippen LogP contribution in [-0.2, 0) is 22.6 Å². The number of piperidine rings is 1. The maximum atomic E-state index is 12.3. The normalized spacial score (nSPS) is 18.2. The zero-order valence-electron chi connectivity index (χ0n) is 13.8. The summed E-state index contributed by atoms with van der Waals surface area (Å²) < 4.78 is 5.21. The molecule has 2 aromatic heterocycles. The van der Waals surface area contributed by atoms with Gasteiger partial charge in [-0.1, -0.05) is 11.2 Å². The van der Waals surface area contributed by atoms with E-state index in [0.29, 0.717) is 24.7 Å². The molecule has 3 heterocycles. The van der Waals surface area contributed by atoms with Crippen molar-refractivity contribution >= 4 is 23.2 Å². The van der Waals surface area contributed by atoms with Crippen LogP contribution in [0.5, 0.6) is 0 Å². The molecular formula is C16H21N5O3S. The quantitative estimate of drug-likeness (QED) is 0.742. The Morgan fingerprint density at radius 1 is 1.48 bits per heavy atom. The summed E-state index contributed by atoms with van der Waals surface area (Å²) in [7, 11) is 0. The highest BCUT2D eigenvalue weighted by Crippen LogP contribution is 2.17. The number of amides is 2. The summed E-state index contributed by atoms with van der Waals surface area (Å²) in [5.41, 5.74) is 5.22. The van der Waals surface area contributed by atoms with E-state index in [0.717, 1.165) is 24.3 Å². The minimum Gasteiger partial charge on any atom is -0.369 e. The van der Waals surface area contributed by atoms with Crippen molar-refractivity contribution in [1.29, 1.82) is 0 Å². The number of hydrogen-bond acceptors (Lipinski definition) is 7. The third kappa shape index (κ3) is 5.10. The van der Waals surface area contributed by atoms with Crippen LogP contribution in [0.1, 0.15) is 29.4 Å². The van der Waals surface area contributed by atoms with Crippen LogP contribution in [0.4, 0.5) is 0 Å². The maximum Gasteiger partial charge on any atom is 0.231 e. The fourth-order valence-corrected chi connectivity index (χ4v) is 3.64. The van der Waals surface area contributed by atoms with E-state index >= 15 is 0 Å². The topological polar surface area (TPSA) is 114 Å². The number of rotatable bonds is 7. The smallest absolute Gasteiger partial charge is 0.231 e. The molecule has 0 aliphatic carbocycles. The number of nitrogens with one attached hydrogen (secondary N) is 1. The highest BCUT2D eigenvalue weighted by Gasteiger charge is 2.26. The average molecular weight is 363 g/mol. The predicted molar refractivity (Wildman–Crippen MR) is 91.6 cm³/mol. The van der Waals surface area contributed by atoms with Crippen molar-refractivity contribution < 1.29 is 14.1 Å². The molecule has 134 valence electrons. The molecule has 0 saturated carbocycles. The molecule has 1 atom stereocenters. The summed E-state index contributed by atoms with van der Waals surface area (Å²) in [4.78, 5) is 30.7. The molecule has 9 heteroatoms. The zero-order valence-corrected chi connectivity index (χ0v) is 14.6. The fraction of sp³-hybridized carbons (Fsp3) is 0.500. The third-order valence-corrected chi connectivity index (χ3v) is 4.97. The number of aromatic nitrogens is 2. The number of nitrogens with zero attached hydrogens (tertiary/aromatic N) is 3. The van der Waals surface area contributed by atoms with Gasteiger partial charge in [-0.15, -0.1) is 11.3 Å². The van der Waals surface area contributed by atoms with Gasteiger partial charge in [0.15, 0.2) is 5.82 Å². The Kier molecular flexibility index (Phi) is 5.77. The third-order valence-electron chi connectivity index (χ3n) is 4.09.